The molecule has 1 aromatic heterocycles. The first-order chi connectivity index (χ1) is 8.69. The second-order valence-electron chi connectivity index (χ2n) is 4.34. The average Bonchev–Trinajstić information content (AvgIpc) is 2.53. The first kappa shape index (κ1) is 13.1. The van der Waals surface area contributed by atoms with Gasteiger partial charge in [-0.15, -0.1) is 0 Å². The van der Waals surface area contributed by atoms with Crippen LogP contribution < -0.4 is 10.2 Å². The van der Waals surface area contributed by atoms with Crippen molar-refractivity contribution in [1.82, 2.24) is 15.3 Å². The van der Waals surface area contributed by atoms with Crippen molar-refractivity contribution in [2.24, 2.45) is 0 Å². The van der Waals surface area contributed by atoms with Crippen LogP contribution in [-0.4, -0.2) is 35.5 Å². The van der Waals surface area contributed by atoms with E-state index in [0.717, 1.165) is 44.0 Å². The fraction of sp³-hybridized carbons (Fsp3) is 0.583. The molecule has 6 heteroatoms. The van der Waals surface area contributed by atoms with Crippen LogP contribution in [0.25, 0.3) is 0 Å². The zero-order valence-electron chi connectivity index (χ0n) is 10.4. The van der Waals surface area contributed by atoms with Gasteiger partial charge >= 0.3 is 0 Å². The van der Waals surface area contributed by atoms with Gasteiger partial charge < -0.3 is 10.2 Å². The minimum absolute atomic E-state index is 0.0271. The minimum Gasteiger partial charge on any atom is -0.354 e. The Morgan fingerprint density at radius 3 is 3.11 bits per heavy atom. The number of hydrogen-bond acceptors (Lipinski definition) is 4. The lowest BCUT2D eigenvalue weighted by Gasteiger charge is -2.20. The van der Waals surface area contributed by atoms with Gasteiger partial charge in [-0.2, -0.15) is 0 Å². The molecule has 1 aromatic rings. The van der Waals surface area contributed by atoms with Gasteiger partial charge in [0.25, 0.3) is 0 Å². The molecule has 0 aliphatic carbocycles. The highest BCUT2D eigenvalue weighted by molar-refractivity contribution is 6.29. The van der Waals surface area contributed by atoms with Crippen LogP contribution in [0.3, 0.4) is 0 Å². The lowest BCUT2D eigenvalue weighted by atomic mass is 10.3. The molecule has 0 spiro atoms. The summed E-state index contributed by atoms with van der Waals surface area (Å²) in [5.41, 5.74) is 0. The maximum Gasteiger partial charge on any atom is 0.239 e. The molecule has 1 amide bonds. The SMILES string of the molecule is CCCc1nc(Cl)cc(N2CCCNC(=O)C2)n1. The Morgan fingerprint density at radius 1 is 1.50 bits per heavy atom. The van der Waals surface area contributed by atoms with Crippen LogP contribution in [0.2, 0.25) is 5.15 Å². The number of hydrogen-bond donors (Lipinski definition) is 1. The summed E-state index contributed by atoms with van der Waals surface area (Å²) in [7, 11) is 0. The Bertz CT molecular complexity index is 438. The average molecular weight is 269 g/mol. The fourth-order valence-corrected chi connectivity index (χ4v) is 2.15. The van der Waals surface area contributed by atoms with Crippen molar-refractivity contribution in [1.29, 1.82) is 0 Å². The molecule has 1 fully saturated rings. The number of amides is 1. The van der Waals surface area contributed by atoms with Crippen LogP contribution in [0.4, 0.5) is 5.82 Å². The zero-order valence-corrected chi connectivity index (χ0v) is 11.2. The van der Waals surface area contributed by atoms with E-state index in [1.807, 2.05) is 4.90 Å². The van der Waals surface area contributed by atoms with Crippen LogP contribution in [0.5, 0.6) is 0 Å². The van der Waals surface area contributed by atoms with E-state index < -0.39 is 0 Å². The second-order valence-corrected chi connectivity index (χ2v) is 4.73. The van der Waals surface area contributed by atoms with Crippen LogP contribution in [0.1, 0.15) is 25.6 Å². The molecular weight excluding hydrogens is 252 g/mol. The third-order valence-corrected chi connectivity index (χ3v) is 2.98. The first-order valence-electron chi connectivity index (χ1n) is 6.24. The Balaban J connectivity index is 2.22. The van der Waals surface area contributed by atoms with E-state index in [1.165, 1.54) is 0 Å². The molecule has 0 saturated carbocycles. The maximum absolute atomic E-state index is 11.5. The van der Waals surface area contributed by atoms with Crippen molar-refractivity contribution >= 4 is 23.3 Å². The maximum atomic E-state index is 11.5. The number of nitrogens with one attached hydrogen (secondary N) is 1. The number of aromatic nitrogens is 2. The largest absolute Gasteiger partial charge is 0.354 e. The quantitative estimate of drug-likeness (QED) is 0.842. The van der Waals surface area contributed by atoms with Crippen molar-refractivity contribution in [2.75, 3.05) is 24.5 Å². The molecule has 5 nitrogen and oxygen atoms in total. The number of anilines is 1. The van der Waals surface area contributed by atoms with Crippen molar-refractivity contribution in [3.63, 3.8) is 0 Å². The third kappa shape index (κ3) is 3.32. The van der Waals surface area contributed by atoms with Crippen molar-refractivity contribution in [3.8, 4) is 0 Å². The molecule has 2 heterocycles. The van der Waals surface area contributed by atoms with Gasteiger partial charge in [0, 0.05) is 25.6 Å². The number of nitrogens with zero attached hydrogens (tertiary/aromatic N) is 3. The number of rotatable bonds is 3. The smallest absolute Gasteiger partial charge is 0.239 e. The molecule has 2 rings (SSSR count). The van der Waals surface area contributed by atoms with Crippen molar-refractivity contribution in [2.45, 2.75) is 26.2 Å². The summed E-state index contributed by atoms with van der Waals surface area (Å²) >= 11 is 6.00. The van der Waals surface area contributed by atoms with Crippen LogP contribution in [-0.2, 0) is 11.2 Å². The van der Waals surface area contributed by atoms with Gasteiger partial charge in [-0.1, -0.05) is 18.5 Å². The monoisotopic (exact) mass is 268 g/mol. The predicted molar refractivity (Wildman–Crippen MR) is 70.9 cm³/mol. The fourth-order valence-electron chi connectivity index (χ4n) is 1.95. The molecular formula is C12H17ClN4O. The van der Waals surface area contributed by atoms with E-state index in [4.69, 9.17) is 11.6 Å². The highest BCUT2D eigenvalue weighted by Crippen LogP contribution is 2.17. The minimum atomic E-state index is 0.0271. The summed E-state index contributed by atoms with van der Waals surface area (Å²) in [6.45, 7) is 3.93. The van der Waals surface area contributed by atoms with E-state index >= 15 is 0 Å². The van der Waals surface area contributed by atoms with Crippen LogP contribution in [0, 0.1) is 0 Å². The summed E-state index contributed by atoms with van der Waals surface area (Å²) in [5.74, 6) is 1.51. The molecule has 0 atom stereocenters. The van der Waals surface area contributed by atoms with Crippen LogP contribution in [0.15, 0.2) is 6.07 Å². The Morgan fingerprint density at radius 2 is 2.33 bits per heavy atom. The third-order valence-electron chi connectivity index (χ3n) is 2.79. The standard InChI is InChI=1S/C12H17ClN4O/c1-2-4-10-15-9(13)7-11(16-10)17-6-3-5-14-12(18)8-17/h7H,2-6,8H2,1H3,(H,14,18). The topological polar surface area (TPSA) is 58.1 Å². The van der Waals surface area contributed by atoms with Crippen molar-refractivity contribution in [3.05, 3.63) is 17.0 Å². The summed E-state index contributed by atoms with van der Waals surface area (Å²) in [6, 6.07) is 1.72. The number of halogens is 1. The summed E-state index contributed by atoms with van der Waals surface area (Å²) in [4.78, 5) is 22.1. The van der Waals surface area contributed by atoms with E-state index in [-0.39, 0.29) is 5.91 Å². The Hall–Kier alpha value is -1.36. The molecule has 1 saturated heterocycles. The summed E-state index contributed by atoms with van der Waals surface area (Å²) < 4.78 is 0. The first-order valence-corrected chi connectivity index (χ1v) is 6.62. The summed E-state index contributed by atoms with van der Waals surface area (Å²) in [5, 5.41) is 3.28. The predicted octanol–water partition coefficient (Wildman–Crippen LogP) is 1.41. The molecule has 0 unspecified atom stereocenters. The molecule has 0 radical (unpaired) electrons. The highest BCUT2D eigenvalue weighted by Gasteiger charge is 2.17. The van der Waals surface area contributed by atoms with Gasteiger partial charge in [0.2, 0.25) is 5.91 Å². The lowest BCUT2D eigenvalue weighted by molar-refractivity contribution is -0.119. The number of aryl methyl sites for hydroxylation is 1. The second kappa shape index (κ2) is 6.00. The van der Waals surface area contributed by atoms with E-state index in [2.05, 4.69) is 22.2 Å². The molecule has 18 heavy (non-hydrogen) atoms. The Labute approximate surface area is 112 Å². The Kier molecular flexibility index (Phi) is 4.36. The van der Waals surface area contributed by atoms with Gasteiger partial charge in [0.15, 0.2) is 0 Å². The normalized spacial score (nSPS) is 16.3. The highest BCUT2D eigenvalue weighted by atomic mass is 35.5. The van der Waals surface area contributed by atoms with Gasteiger partial charge in [0.05, 0.1) is 6.54 Å². The molecule has 1 N–H and O–H groups in total. The lowest BCUT2D eigenvalue weighted by Crippen LogP contribution is -2.33. The van der Waals surface area contributed by atoms with Gasteiger partial charge in [-0.25, -0.2) is 9.97 Å². The molecule has 98 valence electrons. The van der Waals surface area contributed by atoms with E-state index in [0.29, 0.717) is 11.7 Å². The number of carbonyl (C=O) groups is 1. The molecule has 1 aliphatic heterocycles. The molecule has 0 bridgehead atoms. The van der Waals surface area contributed by atoms with Crippen LogP contribution >= 0.6 is 11.6 Å². The van der Waals surface area contributed by atoms with Gasteiger partial charge in [-0.05, 0) is 12.8 Å². The molecule has 0 aromatic carbocycles. The van der Waals surface area contributed by atoms with E-state index in [9.17, 15) is 4.79 Å². The van der Waals surface area contributed by atoms with Gasteiger partial charge in [-0.3, -0.25) is 4.79 Å². The van der Waals surface area contributed by atoms with Gasteiger partial charge in [0.1, 0.15) is 16.8 Å². The molecule has 1 aliphatic rings. The zero-order chi connectivity index (χ0) is 13.0. The van der Waals surface area contributed by atoms with Crippen molar-refractivity contribution < 1.29 is 4.79 Å². The summed E-state index contributed by atoms with van der Waals surface area (Å²) in [6.07, 6.45) is 2.68. The number of carbonyl (C=O) groups excluding carboxylic acids is 1. The van der Waals surface area contributed by atoms with E-state index in [1.54, 1.807) is 6.07 Å².